The number of hydrogen-bond acceptors (Lipinski definition) is 4. The van der Waals surface area contributed by atoms with Gasteiger partial charge >= 0.3 is 0 Å². The standard InChI is InChI=1S/C19H17ClN4O3/c1-12-15-4-2-3-5-16(15)19(27)24(23-12)11-18(26)22-21-17(25)10-13-6-8-14(20)9-7-13/h2-9H,10-11H2,1H3,(H,21,25)(H,22,26). The fraction of sp³-hybridized carbons (Fsp3) is 0.158. The largest absolute Gasteiger partial charge is 0.275 e. The van der Waals surface area contributed by atoms with Crippen LogP contribution in [0.4, 0.5) is 0 Å². The quantitative estimate of drug-likeness (QED) is 0.670. The number of carbonyl (C=O) groups is 2. The molecule has 7 nitrogen and oxygen atoms in total. The zero-order valence-electron chi connectivity index (χ0n) is 14.5. The minimum atomic E-state index is -0.552. The van der Waals surface area contributed by atoms with E-state index in [1.54, 1.807) is 49.4 Å². The lowest BCUT2D eigenvalue weighted by Crippen LogP contribution is -2.45. The summed E-state index contributed by atoms with van der Waals surface area (Å²) < 4.78 is 1.08. The van der Waals surface area contributed by atoms with E-state index in [0.29, 0.717) is 16.1 Å². The van der Waals surface area contributed by atoms with Gasteiger partial charge in [0.05, 0.1) is 17.5 Å². The smallest absolute Gasteiger partial charge is 0.273 e. The first-order valence-corrected chi connectivity index (χ1v) is 8.60. The Morgan fingerprint density at radius 3 is 2.33 bits per heavy atom. The predicted octanol–water partition coefficient (Wildman–Crippen LogP) is 1.75. The molecule has 0 bridgehead atoms. The molecule has 0 atom stereocenters. The van der Waals surface area contributed by atoms with Crippen molar-refractivity contribution in [3.8, 4) is 0 Å². The Kier molecular flexibility index (Phi) is 5.52. The number of aromatic nitrogens is 2. The van der Waals surface area contributed by atoms with Crippen molar-refractivity contribution in [1.29, 1.82) is 0 Å². The van der Waals surface area contributed by atoms with Gasteiger partial charge in [-0.3, -0.25) is 25.2 Å². The van der Waals surface area contributed by atoms with Gasteiger partial charge in [-0.25, -0.2) is 4.68 Å². The number of aryl methyl sites for hydroxylation is 1. The lowest BCUT2D eigenvalue weighted by Gasteiger charge is -2.10. The Labute approximate surface area is 159 Å². The number of hydrazine groups is 1. The van der Waals surface area contributed by atoms with Crippen LogP contribution in [0.15, 0.2) is 53.3 Å². The normalized spacial score (nSPS) is 10.6. The third-order valence-corrected chi connectivity index (χ3v) is 4.22. The zero-order chi connectivity index (χ0) is 19.4. The van der Waals surface area contributed by atoms with Crippen molar-refractivity contribution in [3.63, 3.8) is 0 Å². The number of carbonyl (C=O) groups excluding carboxylic acids is 2. The van der Waals surface area contributed by atoms with Gasteiger partial charge in [-0.2, -0.15) is 5.10 Å². The Hall–Kier alpha value is -3.19. The molecule has 1 heterocycles. The molecule has 2 amide bonds. The van der Waals surface area contributed by atoms with Gasteiger partial charge in [-0.1, -0.05) is 41.9 Å². The average molecular weight is 385 g/mol. The van der Waals surface area contributed by atoms with E-state index in [9.17, 15) is 14.4 Å². The van der Waals surface area contributed by atoms with Crippen molar-refractivity contribution >= 4 is 34.2 Å². The summed E-state index contributed by atoms with van der Waals surface area (Å²) in [7, 11) is 0. The SMILES string of the molecule is Cc1nn(CC(=O)NNC(=O)Cc2ccc(Cl)cc2)c(=O)c2ccccc12. The molecule has 2 aromatic carbocycles. The van der Waals surface area contributed by atoms with E-state index in [1.807, 2.05) is 6.07 Å². The molecule has 1 aromatic heterocycles. The van der Waals surface area contributed by atoms with Gasteiger partial charge in [0.25, 0.3) is 11.5 Å². The number of fused-ring (bicyclic) bond motifs is 1. The molecular formula is C19H17ClN4O3. The van der Waals surface area contributed by atoms with Crippen LogP contribution in [0.1, 0.15) is 11.3 Å². The molecule has 0 aliphatic heterocycles. The molecular weight excluding hydrogens is 368 g/mol. The van der Waals surface area contributed by atoms with E-state index in [0.717, 1.165) is 15.6 Å². The maximum absolute atomic E-state index is 12.4. The maximum Gasteiger partial charge on any atom is 0.275 e. The maximum atomic E-state index is 12.4. The molecule has 27 heavy (non-hydrogen) atoms. The summed E-state index contributed by atoms with van der Waals surface area (Å²) in [5.74, 6) is -0.940. The minimum Gasteiger partial charge on any atom is -0.273 e. The van der Waals surface area contributed by atoms with Gasteiger partial charge in [0.15, 0.2) is 0 Å². The summed E-state index contributed by atoms with van der Waals surface area (Å²) in [6, 6.07) is 13.9. The van der Waals surface area contributed by atoms with Crippen LogP contribution in [-0.4, -0.2) is 21.6 Å². The molecule has 2 N–H and O–H groups in total. The fourth-order valence-corrected chi connectivity index (χ4v) is 2.78. The first-order chi connectivity index (χ1) is 12.9. The highest BCUT2D eigenvalue weighted by molar-refractivity contribution is 6.30. The van der Waals surface area contributed by atoms with Gasteiger partial charge in [-0.15, -0.1) is 0 Å². The third-order valence-electron chi connectivity index (χ3n) is 3.97. The van der Waals surface area contributed by atoms with Crippen LogP contribution < -0.4 is 16.4 Å². The number of rotatable bonds is 4. The average Bonchev–Trinajstić information content (AvgIpc) is 2.66. The lowest BCUT2D eigenvalue weighted by molar-refractivity contribution is -0.129. The molecule has 3 aromatic rings. The minimum absolute atomic E-state index is 0.0880. The van der Waals surface area contributed by atoms with Crippen molar-refractivity contribution in [3.05, 3.63) is 75.2 Å². The van der Waals surface area contributed by atoms with Gasteiger partial charge in [-0.05, 0) is 30.7 Å². The van der Waals surface area contributed by atoms with Crippen LogP contribution in [0, 0.1) is 6.92 Å². The molecule has 0 saturated heterocycles. The third kappa shape index (κ3) is 4.51. The van der Waals surface area contributed by atoms with Crippen molar-refractivity contribution in [2.75, 3.05) is 0 Å². The lowest BCUT2D eigenvalue weighted by atomic mass is 10.1. The number of benzene rings is 2. The van der Waals surface area contributed by atoms with E-state index in [1.165, 1.54) is 0 Å². The highest BCUT2D eigenvalue weighted by Gasteiger charge is 2.11. The summed E-state index contributed by atoms with van der Waals surface area (Å²) >= 11 is 5.80. The summed E-state index contributed by atoms with van der Waals surface area (Å²) in [6.45, 7) is 1.47. The van der Waals surface area contributed by atoms with Crippen molar-refractivity contribution in [2.45, 2.75) is 19.9 Å². The monoisotopic (exact) mass is 384 g/mol. The highest BCUT2D eigenvalue weighted by atomic mass is 35.5. The Balaban J connectivity index is 1.62. The second-order valence-corrected chi connectivity index (χ2v) is 6.43. The number of hydrogen-bond donors (Lipinski definition) is 2. The molecule has 0 fully saturated rings. The molecule has 8 heteroatoms. The van der Waals surface area contributed by atoms with E-state index in [4.69, 9.17) is 11.6 Å². The molecule has 3 rings (SSSR count). The molecule has 0 unspecified atom stereocenters. The molecule has 0 radical (unpaired) electrons. The molecule has 138 valence electrons. The molecule has 0 aliphatic rings. The van der Waals surface area contributed by atoms with E-state index >= 15 is 0 Å². The van der Waals surface area contributed by atoms with Gasteiger partial charge in [0.2, 0.25) is 5.91 Å². The van der Waals surface area contributed by atoms with Gasteiger partial charge in [0.1, 0.15) is 6.54 Å². The van der Waals surface area contributed by atoms with Gasteiger partial charge < -0.3 is 0 Å². The van der Waals surface area contributed by atoms with Crippen molar-refractivity contribution in [1.82, 2.24) is 20.6 Å². The summed E-state index contributed by atoms with van der Waals surface area (Å²) in [6.07, 6.45) is 0.0880. The first-order valence-electron chi connectivity index (χ1n) is 8.22. The first kappa shape index (κ1) is 18.6. The molecule has 0 aliphatic carbocycles. The van der Waals surface area contributed by atoms with Gasteiger partial charge in [0, 0.05) is 10.4 Å². The summed E-state index contributed by atoms with van der Waals surface area (Å²) in [5, 5.41) is 5.98. The number of amides is 2. The van der Waals surface area contributed by atoms with Crippen molar-refractivity contribution < 1.29 is 9.59 Å². The van der Waals surface area contributed by atoms with Crippen LogP contribution in [0.25, 0.3) is 10.8 Å². The number of halogens is 1. The van der Waals surface area contributed by atoms with E-state index in [2.05, 4.69) is 16.0 Å². The zero-order valence-corrected chi connectivity index (χ0v) is 15.3. The van der Waals surface area contributed by atoms with Crippen LogP contribution in [0.2, 0.25) is 5.02 Å². The number of nitrogens with zero attached hydrogens (tertiary/aromatic N) is 2. The second-order valence-electron chi connectivity index (χ2n) is 5.99. The summed E-state index contributed by atoms with van der Waals surface area (Å²) in [4.78, 5) is 36.4. The van der Waals surface area contributed by atoms with Crippen LogP contribution in [0.5, 0.6) is 0 Å². The van der Waals surface area contributed by atoms with Crippen LogP contribution in [0.3, 0.4) is 0 Å². The van der Waals surface area contributed by atoms with Crippen LogP contribution in [-0.2, 0) is 22.6 Å². The predicted molar refractivity (Wildman–Crippen MR) is 102 cm³/mol. The van der Waals surface area contributed by atoms with Crippen LogP contribution >= 0.6 is 11.6 Å². The Morgan fingerprint density at radius 2 is 1.63 bits per heavy atom. The molecule has 0 spiro atoms. The highest BCUT2D eigenvalue weighted by Crippen LogP contribution is 2.11. The Bertz CT molecular complexity index is 1060. The topological polar surface area (TPSA) is 93.1 Å². The Morgan fingerprint density at radius 1 is 1.00 bits per heavy atom. The van der Waals surface area contributed by atoms with E-state index in [-0.39, 0.29) is 24.4 Å². The molecule has 0 saturated carbocycles. The second kappa shape index (κ2) is 8.01. The van der Waals surface area contributed by atoms with Crippen molar-refractivity contribution in [2.24, 2.45) is 0 Å². The number of nitrogens with one attached hydrogen (secondary N) is 2. The summed E-state index contributed by atoms with van der Waals surface area (Å²) in [5.41, 5.74) is 5.66. The fourth-order valence-electron chi connectivity index (χ4n) is 2.66. The van der Waals surface area contributed by atoms with E-state index < -0.39 is 5.91 Å².